The van der Waals surface area contributed by atoms with Gasteiger partial charge in [0, 0.05) is 12.2 Å². The van der Waals surface area contributed by atoms with Crippen LogP contribution in [0.15, 0.2) is 42.5 Å². The Morgan fingerprint density at radius 3 is 2.65 bits per heavy atom. The summed E-state index contributed by atoms with van der Waals surface area (Å²) in [5.41, 5.74) is 1.25. The zero-order valence-corrected chi connectivity index (χ0v) is 10.8. The zero-order chi connectivity index (χ0) is 12.3. The summed E-state index contributed by atoms with van der Waals surface area (Å²) in [7, 11) is 0. The molecule has 0 spiro atoms. The van der Waals surface area contributed by atoms with Gasteiger partial charge in [0.25, 0.3) is 0 Å². The maximum atomic E-state index is 11.5. The van der Waals surface area contributed by atoms with E-state index in [1.807, 2.05) is 12.1 Å². The van der Waals surface area contributed by atoms with Crippen LogP contribution in [-0.4, -0.2) is 11.5 Å². The molecule has 2 rings (SSSR count). The molecule has 2 heteroatoms. The fourth-order valence-corrected chi connectivity index (χ4v) is 2.33. The molecule has 0 fully saturated rings. The number of hydrogen-bond acceptors (Lipinski definition) is 2. The van der Waals surface area contributed by atoms with Crippen molar-refractivity contribution in [3.8, 4) is 0 Å². The fraction of sp³-hybridized carbons (Fsp3) is 0.267. The van der Waals surface area contributed by atoms with Gasteiger partial charge in [-0.1, -0.05) is 49.4 Å². The van der Waals surface area contributed by atoms with Gasteiger partial charge in [0.15, 0.2) is 0 Å². The number of carbonyl (C=O) groups excluding carboxylic acids is 1. The van der Waals surface area contributed by atoms with Crippen LogP contribution in [0.25, 0.3) is 10.8 Å². The van der Waals surface area contributed by atoms with Crippen molar-refractivity contribution in [1.82, 2.24) is 0 Å². The zero-order valence-electron chi connectivity index (χ0n) is 9.89. The van der Waals surface area contributed by atoms with Crippen LogP contribution < -0.4 is 0 Å². The van der Waals surface area contributed by atoms with E-state index in [1.165, 1.54) is 16.3 Å². The Kier molecular flexibility index (Phi) is 3.85. The Hall–Kier alpha value is -1.28. The van der Waals surface area contributed by atoms with E-state index in [1.54, 1.807) is 0 Å². The molecule has 0 N–H and O–H groups in total. The van der Waals surface area contributed by atoms with Gasteiger partial charge in [0.1, 0.15) is 5.78 Å². The van der Waals surface area contributed by atoms with E-state index < -0.39 is 0 Å². The molecule has 88 valence electrons. The van der Waals surface area contributed by atoms with Gasteiger partial charge >= 0.3 is 0 Å². The highest BCUT2D eigenvalue weighted by atomic mass is 32.1. The van der Waals surface area contributed by atoms with Gasteiger partial charge < -0.3 is 0 Å². The van der Waals surface area contributed by atoms with Crippen LogP contribution in [0.1, 0.15) is 24.8 Å². The van der Waals surface area contributed by atoms with E-state index in [0.29, 0.717) is 12.2 Å². The Morgan fingerprint density at radius 1 is 1.18 bits per heavy atom. The molecule has 0 saturated carbocycles. The fourth-order valence-electron chi connectivity index (χ4n) is 2.20. The lowest BCUT2D eigenvalue weighted by atomic mass is 9.91. The second-order valence-electron chi connectivity index (χ2n) is 4.37. The second-order valence-corrected chi connectivity index (χ2v) is 4.69. The topological polar surface area (TPSA) is 17.1 Å². The van der Waals surface area contributed by atoms with Gasteiger partial charge in [-0.15, -0.1) is 0 Å². The van der Waals surface area contributed by atoms with Crippen molar-refractivity contribution in [2.45, 2.75) is 19.3 Å². The van der Waals surface area contributed by atoms with Crippen LogP contribution in [0, 0.1) is 0 Å². The summed E-state index contributed by atoms with van der Waals surface area (Å²) in [5.74, 6) is 0.782. The summed E-state index contributed by atoms with van der Waals surface area (Å²) in [4.78, 5) is 11.5. The van der Waals surface area contributed by atoms with Gasteiger partial charge in [-0.25, -0.2) is 0 Å². The van der Waals surface area contributed by atoms with E-state index in [-0.39, 0.29) is 11.7 Å². The van der Waals surface area contributed by atoms with Crippen LogP contribution in [0.3, 0.4) is 0 Å². The maximum Gasteiger partial charge on any atom is 0.143 e. The van der Waals surface area contributed by atoms with Crippen molar-refractivity contribution in [2.24, 2.45) is 0 Å². The summed E-state index contributed by atoms with van der Waals surface area (Å²) in [6.45, 7) is 2.10. The van der Waals surface area contributed by atoms with Crippen molar-refractivity contribution in [3.05, 3.63) is 48.0 Å². The highest BCUT2D eigenvalue weighted by molar-refractivity contribution is 7.81. The van der Waals surface area contributed by atoms with Crippen molar-refractivity contribution in [2.75, 3.05) is 5.75 Å². The van der Waals surface area contributed by atoms with Gasteiger partial charge in [-0.3, -0.25) is 4.79 Å². The van der Waals surface area contributed by atoms with E-state index >= 15 is 0 Å². The average Bonchev–Trinajstić information content (AvgIpc) is 2.37. The SMILES string of the molecule is C[C@@H](CC(=O)CS)c1cccc2ccccc12. The van der Waals surface area contributed by atoms with Crippen molar-refractivity contribution < 1.29 is 4.79 Å². The summed E-state index contributed by atoms with van der Waals surface area (Å²) in [5, 5.41) is 2.48. The predicted molar refractivity (Wildman–Crippen MR) is 75.8 cm³/mol. The lowest BCUT2D eigenvalue weighted by Gasteiger charge is -2.13. The normalized spacial score (nSPS) is 12.6. The summed E-state index contributed by atoms with van der Waals surface area (Å²) < 4.78 is 0. The van der Waals surface area contributed by atoms with E-state index in [9.17, 15) is 4.79 Å². The minimum Gasteiger partial charge on any atom is -0.299 e. The molecule has 2 aromatic rings. The van der Waals surface area contributed by atoms with Crippen LogP contribution in [0.2, 0.25) is 0 Å². The Morgan fingerprint density at radius 2 is 1.88 bits per heavy atom. The third kappa shape index (κ3) is 2.70. The summed E-state index contributed by atoms with van der Waals surface area (Å²) in [6.07, 6.45) is 0.567. The molecule has 0 aromatic heterocycles. The lowest BCUT2D eigenvalue weighted by Crippen LogP contribution is -2.05. The molecule has 0 saturated heterocycles. The quantitative estimate of drug-likeness (QED) is 0.809. The molecule has 0 aliphatic rings. The monoisotopic (exact) mass is 244 g/mol. The second kappa shape index (κ2) is 5.37. The van der Waals surface area contributed by atoms with Crippen LogP contribution in [0.4, 0.5) is 0 Å². The molecule has 17 heavy (non-hydrogen) atoms. The first kappa shape index (κ1) is 12.2. The van der Waals surface area contributed by atoms with Crippen LogP contribution in [0.5, 0.6) is 0 Å². The van der Waals surface area contributed by atoms with Crippen LogP contribution >= 0.6 is 12.6 Å². The summed E-state index contributed by atoms with van der Waals surface area (Å²) in [6, 6.07) is 14.6. The van der Waals surface area contributed by atoms with E-state index in [0.717, 1.165) is 0 Å². The van der Waals surface area contributed by atoms with Gasteiger partial charge in [0.05, 0.1) is 0 Å². The number of fused-ring (bicyclic) bond motifs is 1. The van der Waals surface area contributed by atoms with Crippen molar-refractivity contribution >= 4 is 29.2 Å². The minimum absolute atomic E-state index is 0.203. The molecular formula is C15H16OS. The van der Waals surface area contributed by atoms with Crippen LogP contribution in [-0.2, 0) is 4.79 Å². The smallest absolute Gasteiger partial charge is 0.143 e. The third-order valence-electron chi connectivity index (χ3n) is 3.06. The first-order chi connectivity index (χ1) is 8.22. The largest absolute Gasteiger partial charge is 0.299 e. The maximum absolute atomic E-state index is 11.5. The van der Waals surface area contributed by atoms with Gasteiger partial charge in [-0.2, -0.15) is 12.6 Å². The summed E-state index contributed by atoms with van der Waals surface area (Å²) >= 11 is 4.03. The molecule has 1 nitrogen and oxygen atoms in total. The molecule has 0 unspecified atom stereocenters. The minimum atomic E-state index is 0.203. The number of hydrogen-bond donors (Lipinski definition) is 1. The van der Waals surface area contributed by atoms with Crippen molar-refractivity contribution in [3.63, 3.8) is 0 Å². The molecule has 0 heterocycles. The van der Waals surface area contributed by atoms with Crippen molar-refractivity contribution in [1.29, 1.82) is 0 Å². The average molecular weight is 244 g/mol. The van der Waals surface area contributed by atoms with Gasteiger partial charge in [-0.05, 0) is 22.3 Å². The molecule has 0 bridgehead atoms. The number of Topliss-reactive ketones (excluding diaryl/α,β-unsaturated/α-hetero) is 1. The van der Waals surface area contributed by atoms with Gasteiger partial charge in [0.2, 0.25) is 0 Å². The first-order valence-electron chi connectivity index (χ1n) is 5.82. The number of benzene rings is 2. The van der Waals surface area contributed by atoms with E-state index in [4.69, 9.17) is 0 Å². The Labute approximate surface area is 107 Å². The molecule has 0 aliphatic heterocycles. The number of thiol groups is 1. The molecule has 0 radical (unpaired) electrons. The standard InChI is InChI=1S/C15H16OS/c1-11(9-13(16)10-17)14-8-4-6-12-5-2-3-7-15(12)14/h2-8,11,17H,9-10H2,1H3/t11-/m0/s1. The molecule has 0 amide bonds. The molecule has 1 atom stereocenters. The highest BCUT2D eigenvalue weighted by Crippen LogP contribution is 2.27. The number of ketones is 1. The Balaban J connectivity index is 2.38. The lowest BCUT2D eigenvalue weighted by molar-refractivity contribution is -0.116. The van der Waals surface area contributed by atoms with E-state index in [2.05, 4.69) is 49.9 Å². The molecular weight excluding hydrogens is 228 g/mol. The first-order valence-corrected chi connectivity index (χ1v) is 6.46. The number of carbonyl (C=O) groups is 1. The third-order valence-corrected chi connectivity index (χ3v) is 3.42. The number of rotatable bonds is 4. The molecule has 0 aliphatic carbocycles. The Bertz CT molecular complexity index is 528. The predicted octanol–water partition coefficient (Wildman–Crippen LogP) is 3.83. The highest BCUT2D eigenvalue weighted by Gasteiger charge is 2.12. The molecule has 2 aromatic carbocycles.